The summed E-state index contributed by atoms with van der Waals surface area (Å²) >= 11 is 0. The lowest BCUT2D eigenvalue weighted by Crippen LogP contribution is -2.25. The molecular weight excluding hydrogens is 262 g/mol. The molecule has 0 aliphatic carbocycles. The summed E-state index contributed by atoms with van der Waals surface area (Å²) in [5, 5.41) is 0. The average molecular weight is 285 g/mol. The van der Waals surface area contributed by atoms with E-state index in [1.54, 1.807) is 0 Å². The van der Waals surface area contributed by atoms with E-state index in [1.165, 1.54) is 0 Å². The Bertz CT molecular complexity index is 531. The molecule has 0 saturated carbocycles. The van der Waals surface area contributed by atoms with Crippen LogP contribution in [0.2, 0.25) is 0 Å². The van der Waals surface area contributed by atoms with Crippen LogP contribution in [0.3, 0.4) is 0 Å². The van der Waals surface area contributed by atoms with Crippen LogP contribution in [-0.4, -0.2) is 29.6 Å². The first kappa shape index (κ1) is 15.3. The number of benzene rings is 1. The van der Waals surface area contributed by atoms with Crippen LogP contribution < -0.4 is 10.5 Å². The van der Waals surface area contributed by atoms with E-state index in [9.17, 15) is 0 Å². The van der Waals surface area contributed by atoms with Crippen LogP contribution >= 0.6 is 0 Å². The number of pyridine rings is 1. The van der Waals surface area contributed by atoms with Crippen molar-refractivity contribution in [2.45, 2.75) is 19.9 Å². The third-order valence-corrected chi connectivity index (χ3v) is 3.30. The zero-order valence-electron chi connectivity index (χ0n) is 12.5. The predicted molar refractivity (Wildman–Crippen MR) is 86.2 cm³/mol. The van der Waals surface area contributed by atoms with Gasteiger partial charge in [0.1, 0.15) is 5.75 Å². The zero-order valence-corrected chi connectivity index (χ0v) is 12.5. The molecule has 112 valence electrons. The quantitative estimate of drug-likeness (QED) is 0.598. The molecule has 2 rings (SSSR count). The first-order chi connectivity index (χ1) is 10.3. The van der Waals surface area contributed by atoms with Crippen molar-refractivity contribution in [2.24, 2.45) is 0 Å². The van der Waals surface area contributed by atoms with Gasteiger partial charge >= 0.3 is 0 Å². The molecule has 0 fully saturated rings. The highest BCUT2D eigenvalue weighted by atomic mass is 16.5. The normalized spacial score (nSPS) is 10.8. The molecule has 0 bridgehead atoms. The lowest BCUT2D eigenvalue weighted by atomic mass is 10.3. The Morgan fingerprint density at radius 3 is 2.81 bits per heavy atom. The van der Waals surface area contributed by atoms with E-state index in [-0.39, 0.29) is 0 Å². The van der Waals surface area contributed by atoms with Gasteiger partial charge in [0, 0.05) is 31.0 Å². The molecule has 0 unspecified atom stereocenters. The van der Waals surface area contributed by atoms with Crippen LogP contribution in [0.1, 0.15) is 19.0 Å². The summed E-state index contributed by atoms with van der Waals surface area (Å²) in [4.78, 5) is 6.73. The van der Waals surface area contributed by atoms with Crippen LogP contribution in [0.5, 0.6) is 5.75 Å². The first-order valence-corrected chi connectivity index (χ1v) is 7.38. The minimum Gasteiger partial charge on any atom is -0.493 e. The monoisotopic (exact) mass is 285 g/mol. The third kappa shape index (κ3) is 5.44. The van der Waals surface area contributed by atoms with Gasteiger partial charge in [0.15, 0.2) is 0 Å². The summed E-state index contributed by atoms with van der Waals surface area (Å²) in [6, 6.07) is 13.6. The third-order valence-electron chi connectivity index (χ3n) is 3.30. The second-order valence-electron chi connectivity index (χ2n) is 4.96. The van der Waals surface area contributed by atoms with Crippen molar-refractivity contribution >= 4 is 5.69 Å². The SMILES string of the molecule is CCN(CCCOc1cccc(N)c1)Cc1ccccn1. The summed E-state index contributed by atoms with van der Waals surface area (Å²) in [5.41, 5.74) is 7.56. The molecule has 1 aromatic carbocycles. The second-order valence-corrected chi connectivity index (χ2v) is 4.96. The van der Waals surface area contributed by atoms with Gasteiger partial charge in [-0.25, -0.2) is 0 Å². The second kappa shape index (κ2) is 8.27. The number of rotatable bonds is 8. The molecule has 21 heavy (non-hydrogen) atoms. The van der Waals surface area contributed by atoms with E-state index in [1.807, 2.05) is 42.6 Å². The smallest absolute Gasteiger partial charge is 0.121 e. The van der Waals surface area contributed by atoms with Crippen molar-refractivity contribution in [3.8, 4) is 5.75 Å². The highest BCUT2D eigenvalue weighted by molar-refractivity contribution is 5.43. The summed E-state index contributed by atoms with van der Waals surface area (Å²) in [6.07, 6.45) is 2.82. The maximum Gasteiger partial charge on any atom is 0.121 e. The van der Waals surface area contributed by atoms with E-state index in [0.717, 1.165) is 43.2 Å². The highest BCUT2D eigenvalue weighted by Crippen LogP contribution is 2.14. The summed E-state index contributed by atoms with van der Waals surface area (Å²) < 4.78 is 5.71. The van der Waals surface area contributed by atoms with Crippen molar-refractivity contribution in [1.82, 2.24) is 9.88 Å². The first-order valence-electron chi connectivity index (χ1n) is 7.38. The van der Waals surface area contributed by atoms with E-state index in [2.05, 4.69) is 22.9 Å². The molecule has 0 aliphatic heterocycles. The van der Waals surface area contributed by atoms with Gasteiger partial charge in [-0.15, -0.1) is 0 Å². The maximum atomic E-state index is 5.72. The minimum absolute atomic E-state index is 0.697. The van der Waals surface area contributed by atoms with E-state index < -0.39 is 0 Å². The van der Waals surface area contributed by atoms with Gasteiger partial charge < -0.3 is 10.5 Å². The van der Waals surface area contributed by atoms with Crippen LogP contribution in [0, 0.1) is 0 Å². The summed E-state index contributed by atoms with van der Waals surface area (Å²) in [5.74, 6) is 0.836. The van der Waals surface area contributed by atoms with Crippen molar-refractivity contribution in [2.75, 3.05) is 25.4 Å². The fraction of sp³-hybridized carbons (Fsp3) is 0.353. The molecule has 1 aromatic heterocycles. The van der Waals surface area contributed by atoms with Crippen LogP contribution in [-0.2, 0) is 6.54 Å². The molecule has 0 atom stereocenters. The zero-order chi connectivity index (χ0) is 14.9. The average Bonchev–Trinajstić information content (AvgIpc) is 2.51. The molecule has 0 radical (unpaired) electrons. The van der Waals surface area contributed by atoms with Crippen LogP contribution in [0.15, 0.2) is 48.7 Å². The lowest BCUT2D eigenvalue weighted by Gasteiger charge is -2.19. The Kier molecular flexibility index (Phi) is 6.03. The van der Waals surface area contributed by atoms with Gasteiger partial charge in [-0.3, -0.25) is 9.88 Å². The topological polar surface area (TPSA) is 51.4 Å². The number of hydrogen-bond donors (Lipinski definition) is 1. The van der Waals surface area contributed by atoms with E-state index in [4.69, 9.17) is 10.5 Å². The lowest BCUT2D eigenvalue weighted by molar-refractivity contribution is 0.234. The molecular formula is C17H23N3O. The number of aromatic nitrogens is 1. The van der Waals surface area contributed by atoms with Gasteiger partial charge in [0.2, 0.25) is 0 Å². The molecule has 2 aromatic rings. The largest absolute Gasteiger partial charge is 0.493 e. The van der Waals surface area contributed by atoms with Gasteiger partial charge in [0.25, 0.3) is 0 Å². The summed E-state index contributed by atoms with van der Waals surface area (Å²) in [6.45, 7) is 5.75. The van der Waals surface area contributed by atoms with Gasteiger partial charge in [0.05, 0.1) is 12.3 Å². The van der Waals surface area contributed by atoms with Gasteiger partial charge in [-0.1, -0.05) is 19.1 Å². The Morgan fingerprint density at radius 2 is 2.10 bits per heavy atom. The van der Waals surface area contributed by atoms with Crippen molar-refractivity contribution in [1.29, 1.82) is 0 Å². The standard InChI is InChI=1S/C17H23N3O/c1-2-20(14-16-8-3-4-10-19-16)11-6-12-21-17-9-5-7-15(18)13-17/h3-5,7-10,13H,2,6,11-12,14,18H2,1H3. The fourth-order valence-electron chi connectivity index (χ4n) is 2.15. The summed E-state index contributed by atoms with van der Waals surface area (Å²) in [7, 11) is 0. The van der Waals surface area contributed by atoms with Crippen molar-refractivity contribution in [3.05, 3.63) is 54.4 Å². The Morgan fingerprint density at radius 1 is 1.19 bits per heavy atom. The Balaban J connectivity index is 1.71. The fourth-order valence-corrected chi connectivity index (χ4v) is 2.15. The number of nitrogens with zero attached hydrogens (tertiary/aromatic N) is 2. The molecule has 0 aliphatic rings. The van der Waals surface area contributed by atoms with Crippen LogP contribution in [0.25, 0.3) is 0 Å². The number of ether oxygens (including phenoxy) is 1. The number of anilines is 1. The molecule has 0 saturated heterocycles. The van der Waals surface area contributed by atoms with Crippen molar-refractivity contribution in [3.63, 3.8) is 0 Å². The molecule has 4 heteroatoms. The predicted octanol–water partition coefficient (Wildman–Crippen LogP) is 2.95. The molecule has 2 N–H and O–H groups in total. The molecule has 0 spiro atoms. The molecule has 1 heterocycles. The van der Waals surface area contributed by atoms with Crippen molar-refractivity contribution < 1.29 is 4.74 Å². The van der Waals surface area contributed by atoms with Gasteiger partial charge in [-0.05, 0) is 37.2 Å². The number of hydrogen-bond acceptors (Lipinski definition) is 4. The maximum absolute atomic E-state index is 5.72. The highest BCUT2D eigenvalue weighted by Gasteiger charge is 2.04. The Labute approximate surface area is 126 Å². The Hall–Kier alpha value is -2.07. The molecule has 0 amide bonds. The number of nitrogens with two attached hydrogens (primary N) is 1. The van der Waals surface area contributed by atoms with Gasteiger partial charge in [-0.2, -0.15) is 0 Å². The van der Waals surface area contributed by atoms with Crippen LogP contribution in [0.4, 0.5) is 5.69 Å². The number of nitrogen functional groups attached to an aromatic ring is 1. The molecule has 4 nitrogen and oxygen atoms in total. The van der Waals surface area contributed by atoms with E-state index in [0.29, 0.717) is 6.61 Å². The minimum atomic E-state index is 0.697. The van der Waals surface area contributed by atoms with E-state index >= 15 is 0 Å².